The Labute approximate surface area is 170 Å². The lowest BCUT2D eigenvalue weighted by molar-refractivity contribution is 0.402. The lowest BCUT2D eigenvalue weighted by Crippen LogP contribution is -2.20. The Bertz CT molecular complexity index is 220. The second kappa shape index (κ2) is 20.2. The molecule has 0 aliphatic rings. The molecule has 0 N–H and O–H groups in total. The van der Waals surface area contributed by atoms with Crippen molar-refractivity contribution >= 4 is 9.24 Å². The van der Waals surface area contributed by atoms with Crippen molar-refractivity contribution in [3.63, 3.8) is 0 Å². The number of hydrogen-bond acceptors (Lipinski definition) is 0. The van der Waals surface area contributed by atoms with Crippen molar-refractivity contribution < 1.29 is 0 Å². The van der Waals surface area contributed by atoms with Gasteiger partial charge in [0.25, 0.3) is 0 Å². The first-order chi connectivity index (χ1) is 12.7. The van der Waals surface area contributed by atoms with E-state index in [2.05, 4.69) is 30.0 Å². The second-order valence-electron chi connectivity index (χ2n) is 8.92. The molecule has 0 aromatic carbocycles. The molecule has 0 fully saturated rings. The largest absolute Gasteiger partial charge is 0.131 e. The van der Waals surface area contributed by atoms with Gasteiger partial charge in [-0.25, -0.2) is 0 Å². The average molecular weight is 385 g/mol. The maximum absolute atomic E-state index is 3.34. The van der Waals surface area contributed by atoms with E-state index < -0.39 is 0 Å². The van der Waals surface area contributed by atoms with Crippen LogP contribution in [0.3, 0.4) is 0 Å². The number of hydrogen-bond donors (Lipinski definition) is 0. The van der Waals surface area contributed by atoms with E-state index in [9.17, 15) is 0 Å². The van der Waals surface area contributed by atoms with E-state index in [4.69, 9.17) is 0 Å². The second-order valence-corrected chi connectivity index (χ2v) is 10.1. The Kier molecular flexibility index (Phi) is 20.5. The zero-order chi connectivity index (χ0) is 19.3. The first kappa shape index (κ1) is 26.4. The number of unbranched alkanes of at least 4 members (excludes halogenated alkanes) is 15. The topological polar surface area (TPSA) is 0 Å². The van der Waals surface area contributed by atoms with Crippen LogP contribution in [0.25, 0.3) is 0 Å². The van der Waals surface area contributed by atoms with Gasteiger partial charge in [-0.15, -0.1) is 9.24 Å². The smallest absolute Gasteiger partial charge is 0.0150 e. The number of rotatable bonds is 21. The molecular formula is C25H53P. The highest BCUT2D eigenvalue weighted by molar-refractivity contribution is 7.19. The molecule has 0 saturated carbocycles. The summed E-state index contributed by atoms with van der Waals surface area (Å²) in [7, 11) is 3.34. The molecule has 0 nitrogen and oxygen atoms in total. The van der Waals surface area contributed by atoms with Gasteiger partial charge in [-0.2, -0.15) is 0 Å². The summed E-state index contributed by atoms with van der Waals surface area (Å²) in [5.41, 5.74) is 0. The predicted octanol–water partition coefficient (Wildman–Crippen LogP) is 9.85. The van der Waals surface area contributed by atoms with Crippen LogP contribution in [0.5, 0.6) is 0 Å². The minimum Gasteiger partial charge on any atom is -0.131 e. The highest BCUT2D eigenvalue weighted by atomic mass is 31.0. The maximum atomic E-state index is 3.34. The van der Waals surface area contributed by atoms with Crippen molar-refractivity contribution in [3.05, 3.63) is 0 Å². The SMILES string of the molecule is CCCCCCCCC(P)(CCCCCCCC)CCCCCCCC. The van der Waals surface area contributed by atoms with Gasteiger partial charge >= 0.3 is 0 Å². The molecule has 0 rings (SSSR count). The van der Waals surface area contributed by atoms with E-state index in [-0.39, 0.29) is 0 Å². The van der Waals surface area contributed by atoms with Gasteiger partial charge in [0.05, 0.1) is 0 Å². The van der Waals surface area contributed by atoms with Crippen molar-refractivity contribution in [2.24, 2.45) is 0 Å². The monoisotopic (exact) mass is 384 g/mol. The van der Waals surface area contributed by atoms with Crippen molar-refractivity contribution in [1.82, 2.24) is 0 Å². The minimum atomic E-state index is 0.556. The molecule has 0 amide bonds. The molecule has 158 valence electrons. The van der Waals surface area contributed by atoms with Crippen LogP contribution in [0.15, 0.2) is 0 Å². The molecule has 0 aromatic heterocycles. The summed E-state index contributed by atoms with van der Waals surface area (Å²) in [6.45, 7) is 6.94. The summed E-state index contributed by atoms with van der Waals surface area (Å²) in [5.74, 6) is 0. The van der Waals surface area contributed by atoms with Crippen LogP contribution in [0.1, 0.15) is 156 Å². The summed E-state index contributed by atoms with van der Waals surface area (Å²) in [6.07, 6.45) is 30.2. The van der Waals surface area contributed by atoms with Crippen LogP contribution in [0.2, 0.25) is 0 Å². The Morgan fingerprint density at radius 2 is 0.615 bits per heavy atom. The summed E-state index contributed by atoms with van der Waals surface area (Å²) in [4.78, 5) is 0. The Hall–Kier alpha value is 0.430. The summed E-state index contributed by atoms with van der Waals surface area (Å²) in [6, 6.07) is 0. The van der Waals surface area contributed by atoms with Crippen LogP contribution in [0.4, 0.5) is 0 Å². The van der Waals surface area contributed by atoms with E-state index >= 15 is 0 Å². The Balaban J connectivity index is 4.02. The summed E-state index contributed by atoms with van der Waals surface area (Å²) in [5, 5.41) is 0.556. The highest BCUT2D eigenvalue weighted by Crippen LogP contribution is 2.37. The molecule has 1 unspecified atom stereocenters. The molecule has 0 spiro atoms. The molecular weight excluding hydrogens is 331 g/mol. The quantitative estimate of drug-likeness (QED) is 0.136. The fourth-order valence-corrected chi connectivity index (χ4v) is 4.76. The van der Waals surface area contributed by atoms with Gasteiger partial charge in [-0.3, -0.25) is 0 Å². The molecule has 0 aliphatic heterocycles. The lowest BCUT2D eigenvalue weighted by atomic mass is 9.88. The summed E-state index contributed by atoms with van der Waals surface area (Å²) >= 11 is 0. The molecule has 1 atom stereocenters. The molecule has 0 radical (unpaired) electrons. The van der Waals surface area contributed by atoms with Gasteiger partial charge in [-0.05, 0) is 24.4 Å². The molecule has 0 aliphatic carbocycles. The third kappa shape index (κ3) is 17.8. The van der Waals surface area contributed by atoms with Gasteiger partial charge in [-0.1, -0.05) is 136 Å². The first-order valence-corrected chi connectivity index (χ1v) is 13.0. The van der Waals surface area contributed by atoms with Crippen LogP contribution in [0, 0.1) is 0 Å². The van der Waals surface area contributed by atoms with E-state index in [1.54, 1.807) is 0 Å². The average Bonchev–Trinajstić information content (AvgIpc) is 2.64. The van der Waals surface area contributed by atoms with E-state index in [1.165, 1.54) is 135 Å². The van der Waals surface area contributed by atoms with Gasteiger partial charge in [0, 0.05) is 0 Å². The van der Waals surface area contributed by atoms with Crippen LogP contribution < -0.4 is 0 Å². The molecule has 1 heteroatoms. The van der Waals surface area contributed by atoms with Gasteiger partial charge in [0.1, 0.15) is 0 Å². The van der Waals surface area contributed by atoms with Gasteiger partial charge in [0.2, 0.25) is 0 Å². The van der Waals surface area contributed by atoms with Crippen molar-refractivity contribution in [2.75, 3.05) is 0 Å². The Morgan fingerprint density at radius 3 is 0.885 bits per heavy atom. The van der Waals surface area contributed by atoms with Gasteiger partial charge < -0.3 is 0 Å². The first-order valence-electron chi connectivity index (χ1n) is 12.5. The molecule has 26 heavy (non-hydrogen) atoms. The normalized spacial score (nSPS) is 12.0. The fraction of sp³-hybridized carbons (Fsp3) is 1.00. The van der Waals surface area contributed by atoms with Crippen LogP contribution in [-0.4, -0.2) is 5.16 Å². The van der Waals surface area contributed by atoms with E-state index in [0.717, 1.165) is 0 Å². The minimum absolute atomic E-state index is 0.556. The fourth-order valence-electron chi connectivity index (χ4n) is 4.15. The standard InChI is InChI=1S/C25H53P/c1-4-7-10-13-16-19-22-25(26,23-20-17-14-11-8-5-2)24-21-18-15-12-9-6-3/h4-24,26H2,1-3H3. The third-order valence-electron chi connectivity index (χ3n) is 6.08. The van der Waals surface area contributed by atoms with Crippen molar-refractivity contribution in [1.29, 1.82) is 0 Å². The van der Waals surface area contributed by atoms with Gasteiger partial charge in [0.15, 0.2) is 0 Å². The predicted molar refractivity (Wildman–Crippen MR) is 126 cm³/mol. The molecule has 0 bridgehead atoms. The Morgan fingerprint density at radius 1 is 0.385 bits per heavy atom. The zero-order valence-electron chi connectivity index (χ0n) is 18.9. The van der Waals surface area contributed by atoms with Crippen molar-refractivity contribution in [2.45, 2.75) is 161 Å². The molecule has 0 saturated heterocycles. The molecule has 0 heterocycles. The highest BCUT2D eigenvalue weighted by Gasteiger charge is 2.23. The van der Waals surface area contributed by atoms with Crippen LogP contribution in [-0.2, 0) is 0 Å². The van der Waals surface area contributed by atoms with Crippen molar-refractivity contribution in [3.8, 4) is 0 Å². The summed E-state index contributed by atoms with van der Waals surface area (Å²) < 4.78 is 0. The molecule has 0 aromatic rings. The van der Waals surface area contributed by atoms with E-state index in [1.807, 2.05) is 0 Å². The van der Waals surface area contributed by atoms with Crippen LogP contribution >= 0.6 is 9.24 Å². The lowest BCUT2D eigenvalue weighted by Gasteiger charge is -2.30. The maximum Gasteiger partial charge on any atom is -0.0150 e. The third-order valence-corrected chi connectivity index (χ3v) is 6.95. The van der Waals surface area contributed by atoms with E-state index in [0.29, 0.717) is 5.16 Å². The zero-order valence-corrected chi connectivity index (χ0v) is 20.1.